The molecule has 0 aromatic heterocycles. The molecule has 2 aliphatic rings. The number of hydrogen-bond acceptors (Lipinski definition) is 3. The molecule has 4 nitrogen and oxygen atoms in total. The van der Waals surface area contributed by atoms with Crippen LogP contribution in [0.5, 0.6) is 0 Å². The van der Waals surface area contributed by atoms with Crippen LogP contribution in [0.1, 0.15) is 30.7 Å². The maximum absolute atomic E-state index is 12.8. The van der Waals surface area contributed by atoms with E-state index in [1.54, 1.807) is 4.90 Å². The van der Waals surface area contributed by atoms with Crippen LogP contribution in [-0.4, -0.2) is 47.3 Å². The van der Waals surface area contributed by atoms with E-state index in [0.29, 0.717) is 30.8 Å². The molecule has 2 aliphatic carbocycles. The highest BCUT2D eigenvalue weighted by molar-refractivity contribution is 5.81. The number of amides is 1. The van der Waals surface area contributed by atoms with Crippen LogP contribution in [0.15, 0.2) is 30.3 Å². The summed E-state index contributed by atoms with van der Waals surface area (Å²) in [5.74, 6) is 1.57. The van der Waals surface area contributed by atoms with Crippen molar-refractivity contribution in [2.24, 2.45) is 17.8 Å². The fourth-order valence-corrected chi connectivity index (χ4v) is 4.56. The minimum absolute atomic E-state index is 0.0457. The lowest BCUT2D eigenvalue weighted by Crippen LogP contribution is -2.56. The van der Waals surface area contributed by atoms with E-state index in [4.69, 9.17) is 10.2 Å². The average molecular weight is 303 g/mol. The highest BCUT2D eigenvalue weighted by atomic mass is 16.3. The fraction of sp³-hybridized carbons (Fsp3) is 0.611. The lowest BCUT2D eigenvalue weighted by Gasteiger charge is -2.56. The third-order valence-electron chi connectivity index (χ3n) is 5.44. The van der Waals surface area contributed by atoms with Crippen LogP contribution in [0.3, 0.4) is 0 Å². The first-order valence-electron chi connectivity index (χ1n) is 8.33. The molecule has 2 saturated carbocycles. The first-order valence-corrected chi connectivity index (χ1v) is 8.33. The first-order chi connectivity index (χ1) is 10.8. The Balaban J connectivity index is 1.75. The van der Waals surface area contributed by atoms with E-state index in [0.717, 1.165) is 12.8 Å². The van der Waals surface area contributed by atoms with Crippen molar-refractivity contribution in [3.8, 4) is 0 Å². The SMILES string of the molecule is O=C(C1[C@H]2CCC[C@H]1C2c1ccccc1)N(CCO)CCO. The van der Waals surface area contributed by atoms with E-state index in [1.165, 1.54) is 12.0 Å². The summed E-state index contributed by atoms with van der Waals surface area (Å²) >= 11 is 0. The molecule has 3 rings (SSSR count). The molecule has 22 heavy (non-hydrogen) atoms. The van der Waals surface area contributed by atoms with Crippen molar-refractivity contribution < 1.29 is 15.0 Å². The Morgan fingerprint density at radius 1 is 1.05 bits per heavy atom. The monoisotopic (exact) mass is 303 g/mol. The molecule has 1 aromatic carbocycles. The van der Waals surface area contributed by atoms with Crippen LogP contribution in [0, 0.1) is 17.8 Å². The van der Waals surface area contributed by atoms with Gasteiger partial charge >= 0.3 is 0 Å². The molecule has 0 aliphatic heterocycles. The van der Waals surface area contributed by atoms with Crippen LogP contribution < -0.4 is 0 Å². The van der Waals surface area contributed by atoms with Crippen molar-refractivity contribution in [3.05, 3.63) is 35.9 Å². The van der Waals surface area contributed by atoms with Crippen molar-refractivity contribution >= 4 is 5.91 Å². The number of hydrogen-bond donors (Lipinski definition) is 2. The predicted octanol–water partition coefficient (Wildman–Crippen LogP) is 1.63. The molecule has 0 saturated heterocycles. The van der Waals surface area contributed by atoms with Crippen molar-refractivity contribution in [1.29, 1.82) is 0 Å². The van der Waals surface area contributed by atoms with Crippen molar-refractivity contribution in [2.45, 2.75) is 25.2 Å². The van der Waals surface area contributed by atoms with Gasteiger partial charge in [0.2, 0.25) is 5.91 Å². The zero-order valence-corrected chi connectivity index (χ0v) is 12.9. The lowest BCUT2D eigenvalue weighted by atomic mass is 9.48. The number of fused-ring (bicyclic) bond motifs is 2. The van der Waals surface area contributed by atoms with E-state index in [9.17, 15) is 4.79 Å². The molecule has 2 N–H and O–H groups in total. The van der Waals surface area contributed by atoms with E-state index >= 15 is 0 Å². The summed E-state index contributed by atoms with van der Waals surface area (Å²) in [4.78, 5) is 14.4. The Labute approximate surface area is 131 Å². The normalized spacial score (nSPS) is 29.7. The quantitative estimate of drug-likeness (QED) is 0.840. The summed E-state index contributed by atoms with van der Waals surface area (Å²) in [6.07, 6.45) is 3.43. The molecule has 2 bridgehead atoms. The molecular weight excluding hydrogens is 278 g/mol. The van der Waals surface area contributed by atoms with Crippen LogP contribution in [0.2, 0.25) is 0 Å². The van der Waals surface area contributed by atoms with Gasteiger partial charge < -0.3 is 15.1 Å². The summed E-state index contributed by atoms with van der Waals surface area (Å²) in [6.45, 7) is 0.558. The minimum atomic E-state index is -0.0457. The molecule has 1 aromatic rings. The predicted molar refractivity (Wildman–Crippen MR) is 84.3 cm³/mol. The van der Waals surface area contributed by atoms with Gasteiger partial charge in [-0.05, 0) is 36.2 Å². The first kappa shape index (κ1) is 15.5. The van der Waals surface area contributed by atoms with Gasteiger partial charge in [-0.25, -0.2) is 0 Å². The molecule has 4 heteroatoms. The number of aliphatic hydroxyl groups is 2. The Morgan fingerprint density at radius 3 is 2.18 bits per heavy atom. The van der Waals surface area contributed by atoms with E-state index < -0.39 is 0 Å². The van der Waals surface area contributed by atoms with Gasteiger partial charge in [-0.15, -0.1) is 0 Å². The Kier molecular flexibility index (Phi) is 4.79. The maximum atomic E-state index is 12.8. The van der Waals surface area contributed by atoms with Gasteiger partial charge in [0.1, 0.15) is 0 Å². The zero-order chi connectivity index (χ0) is 15.5. The molecule has 0 heterocycles. The smallest absolute Gasteiger partial charge is 0.226 e. The number of nitrogens with zero attached hydrogens (tertiary/aromatic N) is 1. The molecule has 0 spiro atoms. The van der Waals surface area contributed by atoms with E-state index in [2.05, 4.69) is 24.3 Å². The van der Waals surface area contributed by atoms with Crippen molar-refractivity contribution in [3.63, 3.8) is 0 Å². The van der Waals surface area contributed by atoms with Gasteiger partial charge in [0, 0.05) is 19.0 Å². The second-order valence-electron chi connectivity index (χ2n) is 6.49. The molecule has 0 radical (unpaired) electrons. The summed E-state index contributed by atoms with van der Waals surface area (Å²) in [5.41, 5.74) is 1.36. The number of aliphatic hydroxyl groups excluding tert-OH is 2. The fourth-order valence-electron chi connectivity index (χ4n) is 4.56. The summed E-state index contributed by atoms with van der Waals surface area (Å²) in [7, 11) is 0. The second-order valence-corrected chi connectivity index (χ2v) is 6.49. The second kappa shape index (κ2) is 6.80. The number of benzene rings is 1. The Bertz CT molecular complexity index is 486. The Hall–Kier alpha value is -1.39. The summed E-state index contributed by atoms with van der Waals surface area (Å²) < 4.78 is 0. The number of rotatable bonds is 6. The van der Waals surface area contributed by atoms with Gasteiger partial charge in [-0.1, -0.05) is 36.8 Å². The summed E-state index contributed by atoms with van der Waals surface area (Å²) in [5, 5.41) is 18.3. The van der Waals surface area contributed by atoms with Crippen LogP contribution in [-0.2, 0) is 4.79 Å². The highest BCUT2D eigenvalue weighted by Gasteiger charge is 2.56. The van der Waals surface area contributed by atoms with Crippen molar-refractivity contribution in [1.82, 2.24) is 4.90 Å². The van der Waals surface area contributed by atoms with Crippen LogP contribution >= 0.6 is 0 Å². The maximum Gasteiger partial charge on any atom is 0.226 e. The van der Waals surface area contributed by atoms with E-state index in [-0.39, 0.29) is 25.0 Å². The lowest BCUT2D eigenvalue weighted by molar-refractivity contribution is -0.153. The number of carbonyl (C=O) groups is 1. The van der Waals surface area contributed by atoms with Gasteiger partial charge in [0.25, 0.3) is 0 Å². The Morgan fingerprint density at radius 2 is 1.64 bits per heavy atom. The molecule has 2 fully saturated rings. The molecule has 2 atom stereocenters. The van der Waals surface area contributed by atoms with Gasteiger partial charge in [-0.3, -0.25) is 4.79 Å². The summed E-state index contributed by atoms with van der Waals surface area (Å²) in [6, 6.07) is 10.5. The van der Waals surface area contributed by atoms with Crippen molar-refractivity contribution in [2.75, 3.05) is 26.3 Å². The molecule has 1 amide bonds. The van der Waals surface area contributed by atoms with E-state index in [1.807, 2.05) is 6.07 Å². The molecule has 0 unspecified atom stereocenters. The molecular formula is C18H25NO3. The van der Waals surface area contributed by atoms with Gasteiger partial charge in [-0.2, -0.15) is 0 Å². The third-order valence-corrected chi connectivity index (χ3v) is 5.44. The zero-order valence-electron chi connectivity index (χ0n) is 12.9. The van der Waals surface area contributed by atoms with Gasteiger partial charge in [0.15, 0.2) is 0 Å². The minimum Gasteiger partial charge on any atom is -0.395 e. The van der Waals surface area contributed by atoms with Crippen LogP contribution in [0.25, 0.3) is 0 Å². The number of carbonyl (C=O) groups excluding carboxylic acids is 1. The molecule has 120 valence electrons. The average Bonchev–Trinajstić information content (AvgIpc) is 2.56. The third kappa shape index (κ3) is 2.66. The highest BCUT2D eigenvalue weighted by Crippen LogP contribution is 2.60. The van der Waals surface area contributed by atoms with Gasteiger partial charge in [0.05, 0.1) is 13.2 Å². The topological polar surface area (TPSA) is 60.8 Å². The standard InChI is InChI=1S/C18H25NO3/c20-11-9-19(10-12-21)18(22)17-14-7-4-8-15(17)16(14)13-5-2-1-3-6-13/h1-3,5-6,14-17,20-21H,4,7-12H2/t14-,15-,16?,17?/m0/s1. The van der Waals surface area contributed by atoms with Crippen LogP contribution in [0.4, 0.5) is 0 Å². The largest absolute Gasteiger partial charge is 0.395 e.